The molecule has 0 radical (unpaired) electrons. The third kappa shape index (κ3) is 31.0. The summed E-state index contributed by atoms with van der Waals surface area (Å²) < 4.78 is 37.5. The molecule has 0 heterocycles. The quantitative estimate of drug-likeness (QED) is 0.0198. The molecule has 5 N–H and O–H groups in total. The molecule has 0 aliphatic heterocycles. The van der Waals surface area contributed by atoms with E-state index >= 15 is 0 Å². The van der Waals surface area contributed by atoms with Crippen molar-refractivity contribution in [1.82, 2.24) is 10.6 Å². The van der Waals surface area contributed by atoms with Gasteiger partial charge in [0, 0.05) is 45.2 Å². The maximum absolute atomic E-state index is 13.3. The summed E-state index contributed by atoms with van der Waals surface area (Å²) in [7, 11) is 0. The van der Waals surface area contributed by atoms with Crippen LogP contribution in [0.25, 0.3) is 0 Å². The van der Waals surface area contributed by atoms with Gasteiger partial charge in [-0.25, -0.2) is 0 Å². The summed E-state index contributed by atoms with van der Waals surface area (Å²) in [6.07, 6.45) is 18.3. The Morgan fingerprint density at radius 3 is 1.59 bits per heavy atom. The second-order valence-corrected chi connectivity index (χ2v) is 19.7. The molecule has 0 fully saturated rings. The van der Waals surface area contributed by atoms with Crippen LogP contribution in [0.2, 0.25) is 0 Å². The van der Waals surface area contributed by atoms with Crippen molar-refractivity contribution in [2.24, 2.45) is 47.3 Å². The molecular weight excluding hydrogens is 1020 g/mol. The summed E-state index contributed by atoms with van der Waals surface area (Å²) in [6, 6.07) is 0. The molecule has 11 unspecified atom stereocenters. The highest BCUT2D eigenvalue weighted by Gasteiger charge is 2.36. The minimum absolute atomic E-state index is 0.0121. The topological polar surface area (TPSA) is 286 Å². The first-order valence-corrected chi connectivity index (χ1v) is 28.1. The number of hydrogen-bond acceptors (Lipinski definition) is 18. The van der Waals surface area contributed by atoms with Crippen LogP contribution in [0.3, 0.4) is 0 Å². The van der Waals surface area contributed by atoms with Gasteiger partial charge in [-0.15, -0.1) is 0 Å². The van der Waals surface area contributed by atoms with Gasteiger partial charge in [0.25, 0.3) is 0 Å². The Balaban J connectivity index is 2.64. The second-order valence-electron chi connectivity index (χ2n) is 19.7. The molecule has 0 bridgehead atoms. The van der Waals surface area contributed by atoms with E-state index < -0.39 is 86.5 Å². The standard InChI is InChI=1S/C59H94N2O18/c1-9-16-20-46(32-59(72)79-50(37-64)40-76-58(71)34-51-41(8)45(19-11-3)24-25-47(51)33-57(70)75-39-48(35-62)77-54(67)15-7)44(14-6)31-53(66)61-27-29-73-28-26-60-52(65)30-43(13-5)42(12-4)21-18-23-56(69)78-49(36-63)38-74-55(68)22-17-10-2/h9-11,16-19,21,24-25,41-51,62-64H,12-15,20,22-23,26-40H2,1-8H3,(H,60,65)(H,61,66). The molecular formula is C59H94N2O18. The zero-order valence-corrected chi connectivity index (χ0v) is 48.1. The average molecular weight is 1120 g/mol. The Bertz CT molecular complexity index is 1970. The van der Waals surface area contributed by atoms with Gasteiger partial charge in [-0.2, -0.15) is 0 Å². The number of carbonyl (C=O) groups is 8. The van der Waals surface area contributed by atoms with Crippen molar-refractivity contribution < 1.29 is 86.8 Å². The molecule has 1 aliphatic rings. The number of ether oxygens (including phenoxy) is 7. The van der Waals surface area contributed by atoms with E-state index in [2.05, 4.69) is 10.6 Å². The number of aliphatic hydroxyl groups is 3. The fourth-order valence-electron chi connectivity index (χ4n) is 9.15. The summed E-state index contributed by atoms with van der Waals surface area (Å²) in [6.45, 7) is 13.4. The van der Waals surface area contributed by atoms with E-state index in [0.29, 0.717) is 12.8 Å². The van der Waals surface area contributed by atoms with Crippen LogP contribution in [-0.2, 0) is 71.5 Å². The van der Waals surface area contributed by atoms with Crippen molar-refractivity contribution in [2.45, 2.75) is 151 Å². The van der Waals surface area contributed by atoms with Crippen LogP contribution < -0.4 is 10.6 Å². The Labute approximate surface area is 468 Å². The van der Waals surface area contributed by atoms with Gasteiger partial charge in [0.15, 0.2) is 18.3 Å². The maximum Gasteiger partial charge on any atom is 0.310 e. The summed E-state index contributed by atoms with van der Waals surface area (Å²) in [5.74, 6) is -5.06. The second kappa shape index (κ2) is 43.1. The third-order valence-electron chi connectivity index (χ3n) is 13.8. The molecule has 2 amide bonds. The van der Waals surface area contributed by atoms with E-state index in [4.69, 9.17) is 33.2 Å². The van der Waals surface area contributed by atoms with Crippen LogP contribution in [0.15, 0.2) is 60.8 Å². The normalized spacial score (nSPS) is 19.0. The predicted molar refractivity (Wildman–Crippen MR) is 295 cm³/mol. The minimum Gasteiger partial charge on any atom is -0.462 e. The minimum atomic E-state index is -1.14. The van der Waals surface area contributed by atoms with Gasteiger partial charge in [0.2, 0.25) is 11.8 Å². The Morgan fingerprint density at radius 2 is 1.08 bits per heavy atom. The van der Waals surface area contributed by atoms with E-state index in [1.807, 2.05) is 84.1 Å². The van der Waals surface area contributed by atoms with Crippen molar-refractivity contribution in [2.75, 3.05) is 65.9 Å². The van der Waals surface area contributed by atoms with Crippen LogP contribution in [0, 0.1) is 47.3 Å². The number of carbonyl (C=O) groups excluding carboxylic acids is 8. The summed E-state index contributed by atoms with van der Waals surface area (Å²) in [4.78, 5) is 101. The molecule has 20 nitrogen and oxygen atoms in total. The van der Waals surface area contributed by atoms with E-state index in [9.17, 15) is 53.7 Å². The molecule has 448 valence electrons. The first kappa shape index (κ1) is 71.3. The lowest BCUT2D eigenvalue weighted by Crippen LogP contribution is -2.35. The van der Waals surface area contributed by atoms with Crippen LogP contribution >= 0.6 is 0 Å². The fourth-order valence-corrected chi connectivity index (χ4v) is 9.15. The molecule has 79 heavy (non-hydrogen) atoms. The van der Waals surface area contributed by atoms with E-state index in [0.717, 1.165) is 12.8 Å². The summed E-state index contributed by atoms with van der Waals surface area (Å²) in [5, 5.41) is 35.0. The zero-order chi connectivity index (χ0) is 59.0. The zero-order valence-electron chi connectivity index (χ0n) is 48.1. The van der Waals surface area contributed by atoms with Crippen molar-refractivity contribution >= 4 is 47.6 Å². The lowest BCUT2D eigenvalue weighted by Gasteiger charge is -2.36. The molecule has 0 saturated heterocycles. The van der Waals surface area contributed by atoms with E-state index in [-0.39, 0.29) is 144 Å². The number of nitrogens with one attached hydrogen (secondary N) is 2. The number of aliphatic hydroxyl groups excluding tert-OH is 3. The molecule has 0 aromatic heterocycles. The highest BCUT2D eigenvalue weighted by molar-refractivity contribution is 5.77. The van der Waals surface area contributed by atoms with Gasteiger partial charge < -0.3 is 59.1 Å². The predicted octanol–water partition coefficient (Wildman–Crippen LogP) is 6.14. The van der Waals surface area contributed by atoms with Gasteiger partial charge in [-0.1, -0.05) is 108 Å². The average Bonchev–Trinajstić information content (AvgIpc) is 3.44. The first-order chi connectivity index (χ1) is 37.9. The van der Waals surface area contributed by atoms with Crippen LogP contribution in [0.5, 0.6) is 0 Å². The highest BCUT2D eigenvalue weighted by atomic mass is 16.6. The van der Waals surface area contributed by atoms with Gasteiger partial charge >= 0.3 is 35.8 Å². The summed E-state index contributed by atoms with van der Waals surface area (Å²) >= 11 is 0. The summed E-state index contributed by atoms with van der Waals surface area (Å²) in [5.41, 5.74) is 0. The van der Waals surface area contributed by atoms with E-state index in [1.54, 1.807) is 32.1 Å². The lowest BCUT2D eigenvalue weighted by molar-refractivity contribution is -0.164. The molecule has 0 aromatic rings. The number of hydrogen-bond donors (Lipinski definition) is 5. The van der Waals surface area contributed by atoms with Gasteiger partial charge in [0.05, 0.1) is 52.3 Å². The van der Waals surface area contributed by atoms with Gasteiger partial charge in [-0.05, 0) is 81.0 Å². The number of allylic oxidation sites excluding steroid dienone is 8. The van der Waals surface area contributed by atoms with Crippen molar-refractivity contribution in [3.8, 4) is 0 Å². The molecule has 0 spiro atoms. The van der Waals surface area contributed by atoms with Gasteiger partial charge in [-0.3, -0.25) is 38.4 Å². The molecule has 1 rings (SSSR count). The van der Waals surface area contributed by atoms with Crippen LogP contribution in [-0.4, -0.2) is 147 Å². The number of esters is 6. The first-order valence-electron chi connectivity index (χ1n) is 28.1. The monoisotopic (exact) mass is 1120 g/mol. The molecule has 0 saturated carbocycles. The number of rotatable bonds is 42. The van der Waals surface area contributed by atoms with Crippen molar-refractivity contribution in [3.63, 3.8) is 0 Å². The smallest absolute Gasteiger partial charge is 0.310 e. The Kier molecular flexibility index (Phi) is 38.9. The van der Waals surface area contributed by atoms with Crippen molar-refractivity contribution in [3.05, 3.63) is 60.8 Å². The SMILES string of the molecule is CC=CCC(=O)OCC(CO)OC(=O)CC=CC(CC)C(CC)CC(=O)NCCOCCNC(=O)CC(CC)C(CC=CC)CC(=O)OC(CO)COC(=O)CC1C(CC(=O)OCC(CO)OC(=O)CC)C=CC(C=CC)C1C. The molecule has 1 aliphatic carbocycles. The fraction of sp³-hybridized carbons (Fsp3) is 0.695. The maximum atomic E-state index is 13.3. The Morgan fingerprint density at radius 1 is 0.557 bits per heavy atom. The van der Waals surface area contributed by atoms with E-state index in [1.165, 1.54) is 0 Å². The highest BCUT2D eigenvalue weighted by Crippen LogP contribution is 2.39. The van der Waals surface area contributed by atoms with Crippen molar-refractivity contribution in [1.29, 1.82) is 0 Å². The molecule has 0 aromatic carbocycles. The molecule has 20 heteroatoms. The lowest BCUT2D eigenvalue weighted by atomic mass is 9.69. The third-order valence-corrected chi connectivity index (χ3v) is 13.8. The van der Waals surface area contributed by atoms with Crippen LogP contribution in [0.1, 0.15) is 132 Å². The van der Waals surface area contributed by atoms with Gasteiger partial charge in [0.1, 0.15) is 19.8 Å². The number of amides is 2. The molecule has 11 atom stereocenters. The largest absolute Gasteiger partial charge is 0.462 e. The van der Waals surface area contributed by atoms with Crippen LogP contribution in [0.4, 0.5) is 0 Å². The Hall–Kier alpha value is -5.70.